The van der Waals surface area contributed by atoms with Crippen LogP contribution in [0.3, 0.4) is 0 Å². The average molecular weight is 507 g/mol. The van der Waals surface area contributed by atoms with Crippen molar-refractivity contribution >= 4 is 32.9 Å². The molecule has 1 N–H and O–H groups in total. The zero-order chi connectivity index (χ0) is 23.5. The number of pyridine rings is 1. The molecule has 170 valence electrons. The summed E-state index contributed by atoms with van der Waals surface area (Å²) < 4.78 is 6.34. The number of hydrogen-bond donors (Lipinski definition) is 1. The number of methoxy groups -OCH3 is 1. The van der Waals surface area contributed by atoms with Gasteiger partial charge in [-0.2, -0.15) is 0 Å². The first-order chi connectivity index (χ1) is 15.9. The van der Waals surface area contributed by atoms with Crippen LogP contribution >= 0.6 is 15.9 Å². The second kappa shape index (κ2) is 9.77. The molecule has 33 heavy (non-hydrogen) atoms. The van der Waals surface area contributed by atoms with Gasteiger partial charge in [-0.3, -0.25) is 4.79 Å². The summed E-state index contributed by atoms with van der Waals surface area (Å²) in [7, 11) is 7.50. The van der Waals surface area contributed by atoms with E-state index in [2.05, 4.69) is 36.9 Å². The van der Waals surface area contributed by atoms with Crippen molar-refractivity contribution in [1.82, 2.24) is 19.8 Å². The van der Waals surface area contributed by atoms with E-state index in [-0.39, 0.29) is 5.91 Å². The number of nitrogens with one attached hydrogen (secondary N) is 1. The van der Waals surface area contributed by atoms with E-state index in [9.17, 15) is 4.79 Å². The number of ether oxygens (including phenoxy) is 1. The van der Waals surface area contributed by atoms with Gasteiger partial charge >= 0.3 is 0 Å². The highest BCUT2D eigenvalue weighted by atomic mass is 79.9. The normalized spacial score (nSPS) is 11.2. The predicted molar refractivity (Wildman–Crippen MR) is 137 cm³/mol. The second-order valence-corrected chi connectivity index (χ2v) is 9.10. The molecular formula is C26H27BrN4O2. The Bertz CT molecular complexity index is 1300. The van der Waals surface area contributed by atoms with Crippen LogP contribution in [-0.2, 0) is 0 Å². The van der Waals surface area contributed by atoms with Gasteiger partial charge in [0.1, 0.15) is 11.4 Å². The Morgan fingerprint density at radius 3 is 2.58 bits per heavy atom. The van der Waals surface area contributed by atoms with Crippen molar-refractivity contribution in [3.63, 3.8) is 0 Å². The van der Waals surface area contributed by atoms with E-state index >= 15 is 0 Å². The average Bonchev–Trinajstić information content (AvgIpc) is 3.25. The van der Waals surface area contributed by atoms with Gasteiger partial charge in [-0.05, 0) is 59.9 Å². The van der Waals surface area contributed by atoms with Gasteiger partial charge in [-0.25, -0.2) is 4.98 Å². The lowest BCUT2D eigenvalue weighted by Gasteiger charge is -2.20. The van der Waals surface area contributed by atoms with Crippen LogP contribution in [0.5, 0.6) is 5.75 Å². The number of nitrogens with zero attached hydrogens (tertiary/aromatic N) is 3. The molecule has 2 aromatic carbocycles. The second-order valence-electron chi connectivity index (χ2n) is 8.25. The molecule has 2 heterocycles. The molecule has 0 unspecified atom stereocenters. The van der Waals surface area contributed by atoms with Crippen LogP contribution in [0.15, 0.2) is 65.4 Å². The van der Waals surface area contributed by atoms with Crippen molar-refractivity contribution < 1.29 is 9.53 Å². The van der Waals surface area contributed by atoms with E-state index in [1.807, 2.05) is 76.0 Å². The number of fused-ring (bicyclic) bond motifs is 1. The van der Waals surface area contributed by atoms with Crippen LogP contribution in [0.1, 0.15) is 10.4 Å². The maximum absolute atomic E-state index is 13.1. The SMILES string of the molecule is COc1ccccc1-c1c[nH]c2ncc(-c3ccc(Br)c(C(=O)N(C)CCN(C)C)c3)cc12. The fourth-order valence-electron chi connectivity index (χ4n) is 3.78. The predicted octanol–water partition coefficient (Wildman–Crippen LogP) is 5.30. The monoisotopic (exact) mass is 506 g/mol. The number of carbonyl (C=O) groups is 1. The van der Waals surface area contributed by atoms with Gasteiger partial charge in [0.2, 0.25) is 0 Å². The van der Waals surface area contributed by atoms with Crippen LogP contribution in [-0.4, -0.2) is 67.0 Å². The summed E-state index contributed by atoms with van der Waals surface area (Å²) in [5.74, 6) is 0.789. The first-order valence-electron chi connectivity index (χ1n) is 10.7. The number of rotatable bonds is 7. The number of halogens is 1. The molecule has 7 heteroatoms. The number of aromatic nitrogens is 2. The Morgan fingerprint density at radius 1 is 1.03 bits per heavy atom. The molecule has 0 fully saturated rings. The number of hydrogen-bond acceptors (Lipinski definition) is 4. The van der Waals surface area contributed by atoms with Gasteiger partial charge in [-0.15, -0.1) is 0 Å². The van der Waals surface area contributed by atoms with Crippen molar-refractivity contribution in [2.45, 2.75) is 0 Å². The fraction of sp³-hybridized carbons (Fsp3) is 0.231. The van der Waals surface area contributed by atoms with Crippen LogP contribution < -0.4 is 4.74 Å². The summed E-state index contributed by atoms with van der Waals surface area (Å²) >= 11 is 3.55. The van der Waals surface area contributed by atoms with E-state index in [1.54, 1.807) is 12.0 Å². The van der Waals surface area contributed by atoms with Gasteiger partial charge in [0.15, 0.2) is 0 Å². The lowest BCUT2D eigenvalue weighted by Crippen LogP contribution is -2.33. The Morgan fingerprint density at radius 2 is 1.82 bits per heavy atom. The number of H-pyrrole nitrogens is 1. The van der Waals surface area contributed by atoms with E-state index in [1.165, 1.54) is 0 Å². The molecule has 4 aromatic rings. The molecule has 0 atom stereocenters. The molecule has 0 aliphatic carbocycles. The molecule has 0 saturated carbocycles. The van der Waals surface area contributed by atoms with Gasteiger partial charge in [0.05, 0.1) is 12.7 Å². The van der Waals surface area contributed by atoms with Crippen LogP contribution in [0.25, 0.3) is 33.3 Å². The standard InChI is InChI=1S/C26H27BrN4O2/c1-30(2)11-12-31(3)26(32)21-13-17(9-10-23(21)27)18-14-20-22(16-29-25(20)28-15-18)19-7-5-6-8-24(19)33-4/h5-10,13-16H,11-12H2,1-4H3,(H,28,29). The molecule has 6 nitrogen and oxygen atoms in total. The smallest absolute Gasteiger partial charge is 0.254 e. The molecule has 0 saturated heterocycles. The highest BCUT2D eigenvalue weighted by Crippen LogP contribution is 2.36. The van der Waals surface area contributed by atoms with E-state index in [0.717, 1.165) is 50.1 Å². The molecule has 2 aromatic heterocycles. The molecule has 0 bridgehead atoms. The van der Waals surface area contributed by atoms with E-state index < -0.39 is 0 Å². The molecule has 0 radical (unpaired) electrons. The first kappa shape index (κ1) is 23.0. The van der Waals surface area contributed by atoms with Crippen molar-refractivity contribution in [2.24, 2.45) is 0 Å². The highest BCUT2D eigenvalue weighted by molar-refractivity contribution is 9.10. The topological polar surface area (TPSA) is 61.5 Å². The molecule has 4 rings (SSSR count). The summed E-state index contributed by atoms with van der Waals surface area (Å²) in [6.45, 7) is 1.46. The zero-order valence-corrected chi connectivity index (χ0v) is 20.8. The Kier molecular flexibility index (Phi) is 6.81. The third kappa shape index (κ3) is 4.79. The number of benzene rings is 2. The van der Waals surface area contributed by atoms with Crippen molar-refractivity contribution in [1.29, 1.82) is 0 Å². The number of carbonyl (C=O) groups excluding carboxylic acids is 1. The molecular weight excluding hydrogens is 480 g/mol. The molecule has 1 amide bonds. The van der Waals surface area contributed by atoms with E-state index in [4.69, 9.17) is 4.74 Å². The Balaban J connectivity index is 1.72. The maximum Gasteiger partial charge on any atom is 0.254 e. The zero-order valence-electron chi connectivity index (χ0n) is 19.2. The fourth-order valence-corrected chi connectivity index (χ4v) is 4.19. The summed E-state index contributed by atoms with van der Waals surface area (Å²) in [5.41, 5.74) is 5.33. The van der Waals surface area contributed by atoms with Crippen LogP contribution in [0.4, 0.5) is 0 Å². The van der Waals surface area contributed by atoms with E-state index in [0.29, 0.717) is 12.1 Å². The van der Waals surface area contributed by atoms with Crippen molar-refractivity contribution in [2.75, 3.05) is 41.3 Å². The minimum atomic E-state index is -0.0176. The lowest BCUT2D eigenvalue weighted by atomic mass is 10.0. The molecule has 0 aliphatic heterocycles. The van der Waals surface area contributed by atoms with Gasteiger partial charge in [-0.1, -0.05) is 24.3 Å². The lowest BCUT2D eigenvalue weighted by molar-refractivity contribution is 0.0785. The molecule has 0 aliphatic rings. The number of likely N-dealkylation sites (N-methyl/N-ethyl adjacent to an activating group) is 2. The molecule has 0 spiro atoms. The highest BCUT2D eigenvalue weighted by Gasteiger charge is 2.17. The third-order valence-electron chi connectivity index (χ3n) is 5.69. The summed E-state index contributed by atoms with van der Waals surface area (Å²) in [6.07, 6.45) is 3.79. The third-order valence-corrected chi connectivity index (χ3v) is 6.38. The summed E-state index contributed by atoms with van der Waals surface area (Å²) in [6, 6.07) is 15.9. The largest absolute Gasteiger partial charge is 0.496 e. The first-order valence-corrected chi connectivity index (χ1v) is 11.5. The quantitative estimate of drug-likeness (QED) is 0.369. The van der Waals surface area contributed by atoms with Crippen LogP contribution in [0, 0.1) is 0 Å². The van der Waals surface area contributed by atoms with Gasteiger partial charge in [0.25, 0.3) is 5.91 Å². The minimum Gasteiger partial charge on any atom is -0.496 e. The Labute approximate surface area is 202 Å². The number of aromatic amines is 1. The van der Waals surface area contributed by atoms with Gasteiger partial charge in [0, 0.05) is 59.1 Å². The minimum absolute atomic E-state index is 0.0176. The Hall–Kier alpha value is -3.16. The van der Waals surface area contributed by atoms with Crippen molar-refractivity contribution in [3.8, 4) is 28.0 Å². The maximum atomic E-state index is 13.1. The van der Waals surface area contributed by atoms with Crippen LogP contribution in [0.2, 0.25) is 0 Å². The summed E-state index contributed by atoms with van der Waals surface area (Å²) in [5, 5.41) is 0.996. The van der Waals surface area contributed by atoms with Gasteiger partial charge < -0.3 is 19.5 Å². The number of amides is 1. The van der Waals surface area contributed by atoms with Crippen molar-refractivity contribution in [3.05, 3.63) is 71.0 Å². The number of para-hydroxylation sites is 1. The summed E-state index contributed by atoms with van der Waals surface area (Å²) in [4.78, 5) is 24.8.